The Morgan fingerprint density at radius 3 is 2.09 bits per heavy atom. The first kappa shape index (κ1) is 23.1. The number of nitrogens with zero attached hydrogens (tertiary/aromatic N) is 1. The Balaban J connectivity index is 1.39. The predicted octanol–water partition coefficient (Wildman–Crippen LogP) is 4.93. The molecule has 2 fully saturated rings. The monoisotopic (exact) mass is 450 g/mol. The molecular formula is C27H34N2O4. The van der Waals surface area contributed by atoms with Gasteiger partial charge in [-0.2, -0.15) is 0 Å². The van der Waals surface area contributed by atoms with E-state index in [4.69, 9.17) is 9.47 Å². The molecule has 1 heterocycles. The molecule has 2 amide bonds. The molecular weight excluding hydrogens is 416 g/mol. The van der Waals surface area contributed by atoms with Crippen LogP contribution in [0.5, 0.6) is 11.5 Å². The molecule has 0 aromatic heterocycles. The number of nitrogens with one attached hydrogen (secondary N) is 1. The highest BCUT2D eigenvalue weighted by molar-refractivity contribution is 5.99. The number of anilines is 1. The van der Waals surface area contributed by atoms with Crippen molar-refractivity contribution in [3.05, 3.63) is 54.1 Å². The minimum Gasteiger partial charge on any atom is -0.497 e. The zero-order valence-corrected chi connectivity index (χ0v) is 19.5. The van der Waals surface area contributed by atoms with Crippen LogP contribution < -0.4 is 14.8 Å². The fourth-order valence-electron chi connectivity index (χ4n) is 4.98. The Hall–Kier alpha value is -3.02. The van der Waals surface area contributed by atoms with Crippen molar-refractivity contribution >= 4 is 17.5 Å². The molecule has 176 valence electrons. The highest BCUT2D eigenvalue weighted by Crippen LogP contribution is 2.41. The molecule has 1 saturated heterocycles. The van der Waals surface area contributed by atoms with Crippen molar-refractivity contribution in [1.82, 2.24) is 4.90 Å². The van der Waals surface area contributed by atoms with Gasteiger partial charge in [-0.25, -0.2) is 0 Å². The van der Waals surface area contributed by atoms with Gasteiger partial charge in [-0.05, 0) is 74.1 Å². The molecule has 6 nitrogen and oxygen atoms in total. The summed E-state index contributed by atoms with van der Waals surface area (Å²) in [5.41, 5.74) is 1.24. The minimum absolute atomic E-state index is 0.0290. The summed E-state index contributed by atoms with van der Waals surface area (Å²) in [6.45, 7) is 1.69. The minimum atomic E-state index is -0.527. The van der Waals surface area contributed by atoms with Crippen molar-refractivity contribution in [3.8, 4) is 11.5 Å². The van der Waals surface area contributed by atoms with Gasteiger partial charge in [-0.3, -0.25) is 9.59 Å². The summed E-state index contributed by atoms with van der Waals surface area (Å²) in [5.74, 6) is 1.48. The van der Waals surface area contributed by atoms with Crippen molar-refractivity contribution in [2.45, 2.75) is 56.8 Å². The lowest BCUT2D eigenvalue weighted by molar-refractivity contribution is -0.134. The molecule has 0 unspecified atom stereocenters. The molecule has 33 heavy (non-hydrogen) atoms. The fraction of sp³-hybridized carbons (Fsp3) is 0.481. The Bertz CT molecular complexity index is 928. The van der Waals surface area contributed by atoms with Crippen LogP contribution in [0.15, 0.2) is 48.5 Å². The molecule has 2 aromatic carbocycles. The Labute approximate surface area is 196 Å². The van der Waals surface area contributed by atoms with Crippen molar-refractivity contribution in [2.24, 2.45) is 0 Å². The number of amides is 2. The number of rotatable bonds is 7. The van der Waals surface area contributed by atoms with Crippen molar-refractivity contribution in [3.63, 3.8) is 0 Å². The molecule has 0 radical (unpaired) electrons. The van der Waals surface area contributed by atoms with E-state index in [1.165, 1.54) is 6.42 Å². The zero-order chi connectivity index (χ0) is 23.1. The van der Waals surface area contributed by atoms with E-state index >= 15 is 0 Å². The van der Waals surface area contributed by atoms with Gasteiger partial charge in [-0.1, -0.05) is 31.4 Å². The van der Waals surface area contributed by atoms with Gasteiger partial charge in [0.2, 0.25) is 5.91 Å². The van der Waals surface area contributed by atoms with Crippen molar-refractivity contribution < 1.29 is 19.1 Å². The highest BCUT2D eigenvalue weighted by atomic mass is 16.5. The van der Waals surface area contributed by atoms with Crippen LogP contribution in [0.3, 0.4) is 0 Å². The van der Waals surface area contributed by atoms with E-state index in [-0.39, 0.29) is 18.4 Å². The smallest absolute Gasteiger partial charge is 0.260 e. The van der Waals surface area contributed by atoms with Crippen molar-refractivity contribution in [1.29, 1.82) is 0 Å². The molecule has 6 heteroatoms. The van der Waals surface area contributed by atoms with Crippen LogP contribution in [0.2, 0.25) is 0 Å². The second-order valence-corrected chi connectivity index (χ2v) is 9.08. The van der Waals surface area contributed by atoms with Crippen LogP contribution in [0.25, 0.3) is 0 Å². The number of benzene rings is 2. The average molecular weight is 451 g/mol. The summed E-state index contributed by atoms with van der Waals surface area (Å²) in [7, 11) is 1.65. The van der Waals surface area contributed by atoms with E-state index in [1.54, 1.807) is 19.2 Å². The van der Waals surface area contributed by atoms with Crippen LogP contribution in [-0.4, -0.2) is 43.5 Å². The third-order valence-corrected chi connectivity index (χ3v) is 6.97. The summed E-state index contributed by atoms with van der Waals surface area (Å²) in [5, 5.41) is 3.12. The first-order chi connectivity index (χ1) is 16.1. The molecule has 1 N–H and O–H groups in total. The molecule has 4 rings (SSSR count). The number of methoxy groups -OCH3 is 1. The molecule has 1 saturated carbocycles. The van der Waals surface area contributed by atoms with Gasteiger partial charge >= 0.3 is 0 Å². The van der Waals surface area contributed by atoms with Gasteiger partial charge in [0.15, 0.2) is 6.61 Å². The summed E-state index contributed by atoms with van der Waals surface area (Å²) in [6.07, 6.45) is 8.24. The van der Waals surface area contributed by atoms with E-state index in [2.05, 4.69) is 5.32 Å². The number of carbonyl (C=O) groups is 2. The summed E-state index contributed by atoms with van der Waals surface area (Å²) in [6, 6.07) is 15.2. The average Bonchev–Trinajstić information content (AvgIpc) is 2.89. The molecule has 0 bridgehead atoms. The summed E-state index contributed by atoms with van der Waals surface area (Å²) in [4.78, 5) is 27.7. The number of carbonyl (C=O) groups excluding carboxylic acids is 2. The van der Waals surface area contributed by atoms with E-state index in [1.807, 2.05) is 41.3 Å². The van der Waals surface area contributed by atoms with Crippen LogP contribution in [-0.2, 0) is 15.0 Å². The van der Waals surface area contributed by atoms with Crippen molar-refractivity contribution in [2.75, 3.05) is 32.1 Å². The second kappa shape index (κ2) is 10.7. The first-order valence-corrected chi connectivity index (χ1v) is 12.1. The van der Waals surface area contributed by atoms with E-state index < -0.39 is 5.41 Å². The topological polar surface area (TPSA) is 67.9 Å². The zero-order valence-electron chi connectivity index (χ0n) is 19.5. The van der Waals surface area contributed by atoms with Gasteiger partial charge in [0.1, 0.15) is 11.5 Å². The van der Waals surface area contributed by atoms with Gasteiger partial charge in [0, 0.05) is 18.8 Å². The molecule has 2 aliphatic rings. The fourth-order valence-corrected chi connectivity index (χ4v) is 4.98. The molecule has 1 aliphatic carbocycles. The first-order valence-electron chi connectivity index (χ1n) is 12.1. The van der Waals surface area contributed by atoms with Gasteiger partial charge < -0.3 is 19.7 Å². The molecule has 2 aromatic rings. The Morgan fingerprint density at radius 2 is 1.45 bits per heavy atom. The van der Waals surface area contributed by atoms with E-state index in [0.29, 0.717) is 5.75 Å². The number of hydrogen-bond acceptors (Lipinski definition) is 4. The molecule has 1 aliphatic heterocycles. The maximum Gasteiger partial charge on any atom is 0.260 e. The number of piperidine rings is 1. The highest BCUT2D eigenvalue weighted by Gasteiger charge is 2.41. The summed E-state index contributed by atoms with van der Waals surface area (Å²) >= 11 is 0. The summed E-state index contributed by atoms with van der Waals surface area (Å²) < 4.78 is 11.0. The largest absolute Gasteiger partial charge is 0.497 e. The van der Waals surface area contributed by atoms with Crippen LogP contribution in [0.4, 0.5) is 5.69 Å². The third kappa shape index (κ3) is 5.49. The van der Waals surface area contributed by atoms with Crippen LogP contribution in [0.1, 0.15) is 56.9 Å². The number of likely N-dealkylation sites (tertiary alicyclic amines) is 1. The maximum atomic E-state index is 13.5. The Kier molecular flexibility index (Phi) is 7.53. The lowest BCUT2D eigenvalue weighted by atomic mass is 9.68. The molecule has 0 atom stereocenters. The second-order valence-electron chi connectivity index (χ2n) is 9.08. The van der Waals surface area contributed by atoms with Gasteiger partial charge in [0.05, 0.1) is 12.5 Å². The van der Waals surface area contributed by atoms with Crippen LogP contribution in [0, 0.1) is 0 Å². The Morgan fingerprint density at radius 1 is 0.848 bits per heavy atom. The lowest BCUT2D eigenvalue weighted by Gasteiger charge is -2.36. The third-order valence-electron chi connectivity index (χ3n) is 6.97. The predicted molar refractivity (Wildman–Crippen MR) is 129 cm³/mol. The SMILES string of the molecule is COc1ccc(C2(C(=O)Nc3ccc(OCC(=O)N4CCCCC4)cc3)CCCCC2)cc1. The van der Waals surface area contributed by atoms with E-state index in [0.717, 1.165) is 75.0 Å². The molecule has 0 spiro atoms. The van der Waals surface area contributed by atoms with Gasteiger partial charge in [0.25, 0.3) is 5.91 Å². The maximum absolute atomic E-state index is 13.5. The van der Waals surface area contributed by atoms with E-state index in [9.17, 15) is 9.59 Å². The van der Waals surface area contributed by atoms with Gasteiger partial charge in [-0.15, -0.1) is 0 Å². The normalized spacial score (nSPS) is 17.8. The number of ether oxygens (including phenoxy) is 2. The number of hydrogen-bond donors (Lipinski definition) is 1. The van der Waals surface area contributed by atoms with Crippen LogP contribution >= 0.6 is 0 Å². The lowest BCUT2D eigenvalue weighted by Crippen LogP contribution is -2.42. The standard InChI is InChI=1S/C27H34N2O4/c1-32-23-12-8-21(9-13-23)27(16-4-2-5-17-27)26(31)28-22-10-14-24(15-11-22)33-20-25(30)29-18-6-3-7-19-29/h8-15H,2-7,16-20H2,1H3,(H,28,31). The quantitative estimate of drug-likeness (QED) is 0.650.